The summed E-state index contributed by atoms with van der Waals surface area (Å²) in [4.78, 5) is 19.2. The minimum Gasteiger partial charge on any atom is -0.484 e. The van der Waals surface area contributed by atoms with Gasteiger partial charge in [0.05, 0.1) is 12.1 Å². The van der Waals surface area contributed by atoms with E-state index in [4.69, 9.17) is 4.74 Å². The predicted octanol–water partition coefficient (Wildman–Crippen LogP) is 2.82. The minimum atomic E-state index is -0.343. The Balaban J connectivity index is 1.50. The Morgan fingerprint density at radius 2 is 2.04 bits per heavy atom. The van der Waals surface area contributed by atoms with Crippen LogP contribution in [-0.4, -0.2) is 40.5 Å². The van der Waals surface area contributed by atoms with E-state index in [0.29, 0.717) is 23.8 Å². The number of anilines is 1. The Bertz CT molecular complexity index is 781. The van der Waals surface area contributed by atoms with Crippen molar-refractivity contribution in [1.82, 2.24) is 14.7 Å². The lowest BCUT2D eigenvalue weighted by Gasteiger charge is -2.40. The molecule has 0 bridgehead atoms. The molecule has 1 aromatic heterocycles. The molecule has 0 saturated carbocycles. The molecule has 1 saturated heterocycles. The van der Waals surface area contributed by atoms with Crippen LogP contribution in [0.15, 0.2) is 24.3 Å². The van der Waals surface area contributed by atoms with Crippen molar-refractivity contribution < 1.29 is 9.53 Å². The van der Waals surface area contributed by atoms with Crippen molar-refractivity contribution in [3.63, 3.8) is 0 Å². The molecule has 1 amide bonds. The van der Waals surface area contributed by atoms with Gasteiger partial charge in [-0.2, -0.15) is 4.37 Å². The van der Waals surface area contributed by atoms with Crippen LogP contribution in [0.5, 0.6) is 5.75 Å². The molecule has 1 aromatic carbocycles. The highest BCUT2D eigenvalue weighted by Crippen LogP contribution is 2.34. The van der Waals surface area contributed by atoms with Crippen molar-refractivity contribution in [3.8, 4) is 5.75 Å². The van der Waals surface area contributed by atoms with Gasteiger partial charge in [-0.15, -0.1) is 0 Å². The van der Waals surface area contributed by atoms with Crippen molar-refractivity contribution >= 4 is 22.6 Å². The molecule has 4 rings (SSSR count). The van der Waals surface area contributed by atoms with E-state index in [9.17, 15) is 4.79 Å². The molecule has 2 aromatic rings. The number of carbonyl (C=O) groups is 1. The summed E-state index contributed by atoms with van der Waals surface area (Å²) in [6, 6.07) is 7.47. The third kappa shape index (κ3) is 3.08. The second-order valence-corrected chi connectivity index (χ2v) is 7.77. The fraction of sp³-hybridized carbons (Fsp3) is 0.500. The third-order valence-electron chi connectivity index (χ3n) is 4.92. The van der Waals surface area contributed by atoms with Gasteiger partial charge in [0.25, 0.3) is 5.91 Å². The molecule has 7 heteroatoms. The number of nitrogens with one attached hydrogen (secondary N) is 1. The van der Waals surface area contributed by atoms with Gasteiger partial charge in [-0.3, -0.25) is 4.79 Å². The maximum absolute atomic E-state index is 12.3. The molecule has 0 aliphatic carbocycles. The molecule has 0 atom stereocenters. The monoisotopic (exact) mass is 358 g/mol. The van der Waals surface area contributed by atoms with Gasteiger partial charge in [0, 0.05) is 43.4 Å². The fourth-order valence-electron chi connectivity index (χ4n) is 3.32. The second-order valence-electron chi connectivity index (χ2n) is 7.04. The van der Waals surface area contributed by atoms with E-state index in [-0.39, 0.29) is 11.5 Å². The zero-order chi connectivity index (χ0) is 17.4. The number of amides is 1. The fourth-order valence-corrected chi connectivity index (χ4v) is 4.18. The van der Waals surface area contributed by atoms with E-state index < -0.39 is 0 Å². The summed E-state index contributed by atoms with van der Waals surface area (Å²) in [5.74, 6) is 1.88. The minimum absolute atomic E-state index is 0.0550. The van der Waals surface area contributed by atoms with Crippen molar-refractivity contribution in [2.24, 2.45) is 0 Å². The van der Waals surface area contributed by atoms with Gasteiger partial charge in [-0.1, -0.05) is 26.0 Å². The van der Waals surface area contributed by atoms with Crippen molar-refractivity contribution in [3.05, 3.63) is 35.7 Å². The molecule has 0 unspecified atom stereocenters. The van der Waals surface area contributed by atoms with Crippen molar-refractivity contribution in [2.75, 3.05) is 24.5 Å². The summed E-state index contributed by atoms with van der Waals surface area (Å²) >= 11 is 1.47. The van der Waals surface area contributed by atoms with E-state index in [1.165, 1.54) is 11.5 Å². The summed E-state index contributed by atoms with van der Waals surface area (Å²) in [6.07, 6.45) is 1.69. The van der Waals surface area contributed by atoms with Gasteiger partial charge in [0.1, 0.15) is 17.2 Å². The first kappa shape index (κ1) is 16.3. The maximum atomic E-state index is 12.3. The lowest BCUT2D eigenvalue weighted by Crippen LogP contribution is -2.53. The zero-order valence-corrected chi connectivity index (χ0v) is 15.3. The van der Waals surface area contributed by atoms with E-state index in [1.54, 1.807) is 0 Å². The Morgan fingerprint density at radius 3 is 2.76 bits per heavy atom. The molecule has 25 heavy (non-hydrogen) atoms. The van der Waals surface area contributed by atoms with Crippen LogP contribution in [0.2, 0.25) is 0 Å². The first-order valence-corrected chi connectivity index (χ1v) is 9.48. The first-order chi connectivity index (χ1) is 12.1. The molecule has 3 heterocycles. The highest BCUT2D eigenvalue weighted by molar-refractivity contribution is 7.09. The summed E-state index contributed by atoms with van der Waals surface area (Å²) in [6.45, 7) is 6.46. The van der Waals surface area contributed by atoms with Crippen molar-refractivity contribution in [2.45, 2.75) is 38.2 Å². The van der Waals surface area contributed by atoms with E-state index in [1.807, 2.05) is 24.3 Å². The van der Waals surface area contributed by atoms with Gasteiger partial charge in [-0.25, -0.2) is 4.98 Å². The van der Waals surface area contributed by atoms with Crippen LogP contribution in [0, 0.1) is 0 Å². The highest BCUT2D eigenvalue weighted by atomic mass is 32.1. The number of rotatable bonds is 2. The molecule has 0 radical (unpaired) electrons. The number of ether oxygens (including phenoxy) is 1. The maximum Gasteiger partial charge on any atom is 0.255 e. The van der Waals surface area contributed by atoms with E-state index in [2.05, 4.69) is 33.4 Å². The molecular formula is C18H22N4O2S. The number of aromatic nitrogens is 2. The van der Waals surface area contributed by atoms with E-state index >= 15 is 0 Å². The van der Waals surface area contributed by atoms with Crippen LogP contribution in [0.3, 0.4) is 0 Å². The quantitative estimate of drug-likeness (QED) is 0.894. The number of hydrogen-bond donors (Lipinski definition) is 1. The summed E-state index contributed by atoms with van der Waals surface area (Å²) in [5, 5.41) is 4.01. The second kappa shape index (κ2) is 6.29. The molecule has 132 valence electrons. The standard InChI is InChI=1S/C18H22N4O2S/c1-12(2)15-20-17(25-21-15)22-9-7-18(8-10-22)11-19-16(23)13-5-3-4-6-14(13)24-18/h3-6,12H,7-11H2,1-2H3,(H,19,23). The molecular weight excluding hydrogens is 336 g/mol. The van der Waals surface area contributed by atoms with Gasteiger partial charge in [-0.05, 0) is 12.1 Å². The van der Waals surface area contributed by atoms with Crippen LogP contribution in [0.25, 0.3) is 0 Å². The Kier molecular flexibility index (Phi) is 4.11. The van der Waals surface area contributed by atoms with E-state index in [0.717, 1.165) is 36.9 Å². The van der Waals surface area contributed by atoms with Gasteiger partial charge in [0.15, 0.2) is 0 Å². The Hall–Kier alpha value is -2.15. The number of fused-ring (bicyclic) bond motifs is 1. The molecule has 6 nitrogen and oxygen atoms in total. The van der Waals surface area contributed by atoms with Crippen LogP contribution in [-0.2, 0) is 0 Å². The number of benzene rings is 1. The average molecular weight is 358 g/mol. The van der Waals surface area contributed by atoms with Crippen LogP contribution in [0.1, 0.15) is 48.8 Å². The van der Waals surface area contributed by atoms with Crippen molar-refractivity contribution in [1.29, 1.82) is 0 Å². The summed E-state index contributed by atoms with van der Waals surface area (Å²) in [5.41, 5.74) is 0.275. The van der Waals surface area contributed by atoms with Crippen LogP contribution < -0.4 is 15.0 Å². The molecule has 1 fully saturated rings. The summed E-state index contributed by atoms with van der Waals surface area (Å²) < 4.78 is 10.8. The molecule has 1 N–H and O–H groups in total. The summed E-state index contributed by atoms with van der Waals surface area (Å²) in [7, 11) is 0. The largest absolute Gasteiger partial charge is 0.484 e. The SMILES string of the molecule is CC(C)c1nsc(N2CCC3(CC2)CNC(=O)c2ccccc2O3)n1. The Labute approximate surface area is 151 Å². The number of hydrogen-bond acceptors (Lipinski definition) is 6. The lowest BCUT2D eigenvalue weighted by molar-refractivity contribution is 0.0473. The van der Waals surface area contributed by atoms with Gasteiger partial charge < -0.3 is 15.0 Å². The van der Waals surface area contributed by atoms with Gasteiger partial charge >= 0.3 is 0 Å². The lowest BCUT2D eigenvalue weighted by atomic mass is 9.91. The van der Waals surface area contributed by atoms with Crippen LogP contribution >= 0.6 is 11.5 Å². The highest BCUT2D eigenvalue weighted by Gasteiger charge is 2.40. The molecule has 2 aliphatic rings. The molecule has 1 spiro atoms. The molecule has 2 aliphatic heterocycles. The smallest absolute Gasteiger partial charge is 0.255 e. The third-order valence-corrected chi connectivity index (χ3v) is 5.71. The number of carbonyl (C=O) groups excluding carboxylic acids is 1. The normalized spacial score (nSPS) is 19.3. The first-order valence-electron chi connectivity index (χ1n) is 8.71. The average Bonchev–Trinajstić information content (AvgIpc) is 3.07. The zero-order valence-electron chi connectivity index (χ0n) is 14.5. The van der Waals surface area contributed by atoms with Gasteiger partial charge in [0.2, 0.25) is 5.13 Å². The van der Waals surface area contributed by atoms with Crippen LogP contribution in [0.4, 0.5) is 5.13 Å². The number of para-hydroxylation sites is 1. The predicted molar refractivity (Wildman–Crippen MR) is 97.6 cm³/mol. The number of piperidine rings is 1. The topological polar surface area (TPSA) is 67.4 Å². The number of nitrogens with zero attached hydrogens (tertiary/aromatic N) is 3. The Morgan fingerprint density at radius 1 is 1.28 bits per heavy atom.